The third-order valence-corrected chi connectivity index (χ3v) is 4.52. The van der Waals surface area contributed by atoms with E-state index in [9.17, 15) is 23.1 Å². The molecule has 9 heteroatoms. The van der Waals surface area contributed by atoms with E-state index >= 15 is 0 Å². The number of phenols is 1. The molecule has 0 atom stereocenters. The van der Waals surface area contributed by atoms with E-state index in [0.717, 1.165) is 17.7 Å². The van der Waals surface area contributed by atoms with Crippen LogP contribution in [0.1, 0.15) is 27.0 Å². The number of ether oxygens (including phenoxy) is 1. The van der Waals surface area contributed by atoms with Crippen LogP contribution >= 0.6 is 0 Å². The van der Waals surface area contributed by atoms with Crippen molar-refractivity contribution in [3.8, 4) is 11.5 Å². The average Bonchev–Trinajstić information content (AvgIpc) is 2.77. The maximum Gasteiger partial charge on any atom is 0.416 e. The molecule has 3 N–H and O–H groups in total. The lowest BCUT2D eigenvalue weighted by Crippen LogP contribution is -2.19. The van der Waals surface area contributed by atoms with E-state index in [1.165, 1.54) is 25.5 Å². The molecule has 0 aliphatic heterocycles. The van der Waals surface area contributed by atoms with Crippen LogP contribution in [0.3, 0.4) is 0 Å². The lowest BCUT2D eigenvalue weighted by atomic mass is 10.1. The molecule has 1 amide bonds. The van der Waals surface area contributed by atoms with Gasteiger partial charge < -0.3 is 15.2 Å². The van der Waals surface area contributed by atoms with Crippen LogP contribution < -0.4 is 15.5 Å². The number of anilines is 1. The number of carbonyl (C=O) groups excluding carboxylic acids is 1. The zero-order chi connectivity index (χ0) is 23.1. The Labute approximate surface area is 182 Å². The molecule has 0 saturated heterocycles. The van der Waals surface area contributed by atoms with E-state index in [1.807, 2.05) is 0 Å². The Kier molecular flexibility index (Phi) is 6.99. The first-order valence-corrected chi connectivity index (χ1v) is 9.47. The van der Waals surface area contributed by atoms with Gasteiger partial charge in [-0.25, -0.2) is 5.43 Å². The number of hydrogen-bond acceptors (Lipinski definition) is 5. The zero-order valence-corrected chi connectivity index (χ0v) is 17.0. The molecular formula is C23H20F3N3O3. The second-order valence-corrected chi connectivity index (χ2v) is 6.72. The fourth-order valence-electron chi connectivity index (χ4n) is 2.86. The SMILES string of the molecule is COc1ccc(CNc2ccccc2C(=O)N/N=C/c2ccc(C(F)(F)F)cc2)cc1O. The van der Waals surface area contributed by atoms with Gasteiger partial charge in [0.25, 0.3) is 5.91 Å². The molecule has 3 rings (SSSR count). The second kappa shape index (κ2) is 9.86. The van der Waals surface area contributed by atoms with Gasteiger partial charge in [0, 0.05) is 12.2 Å². The highest BCUT2D eigenvalue weighted by atomic mass is 19.4. The van der Waals surface area contributed by atoms with Crippen molar-refractivity contribution in [3.63, 3.8) is 0 Å². The van der Waals surface area contributed by atoms with E-state index in [2.05, 4.69) is 15.8 Å². The number of nitrogens with zero attached hydrogens (tertiary/aromatic N) is 1. The molecule has 6 nitrogen and oxygen atoms in total. The highest BCUT2D eigenvalue weighted by Crippen LogP contribution is 2.29. The summed E-state index contributed by atoms with van der Waals surface area (Å²) in [7, 11) is 1.46. The maximum absolute atomic E-state index is 12.6. The first-order chi connectivity index (χ1) is 15.3. The molecule has 0 spiro atoms. The number of aromatic hydroxyl groups is 1. The Balaban J connectivity index is 1.63. The minimum absolute atomic E-state index is 0.00966. The smallest absolute Gasteiger partial charge is 0.416 e. The molecule has 0 radical (unpaired) electrons. The average molecular weight is 443 g/mol. The highest BCUT2D eigenvalue weighted by molar-refractivity contribution is 6.00. The number of amides is 1. The van der Waals surface area contributed by atoms with Gasteiger partial charge in [0.1, 0.15) is 0 Å². The molecule has 0 heterocycles. The minimum atomic E-state index is -4.41. The van der Waals surface area contributed by atoms with Gasteiger partial charge in [0.05, 0.1) is 24.5 Å². The number of carbonyl (C=O) groups is 1. The van der Waals surface area contributed by atoms with Gasteiger partial charge >= 0.3 is 6.18 Å². The number of nitrogens with one attached hydrogen (secondary N) is 2. The summed E-state index contributed by atoms with van der Waals surface area (Å²) < 4.78 is 42.9. The molecule has 3 aromatic carbocycles. The van der Waals surface area contributed by atoms with Crippen molar-refractivity contribution in [3.05, 3.63) is 89.0 Å². The zero-order valence-electron chi connectivity index (χ0n) is 17.0. The molecule has 0 bridgehead atoms. The fraction of sp³-hybridized carbons (Fsp3) is 0.130. The number of alkyl halides is 3. The lowest BCUT2D eigenvalue weighted by molar-refractivity contribution is -0.137. The Morgan fingerprint density at radius 3 is 2.47 bits per heavy atom. The standard InChI is InChI=1S/C23H20F3N3O3/c1-32-21-11-8-16(12-20(21)30)13-27-19-5-3-2-4-18(19)22(31)29-28-14-15-6-9-17(10-7-15)23(24,25)26/h2-12,14,27,30H,13H2,1H3,(H,29,31)/b28-14+. The van der Waals surface area contributed by atoms with Gasteiger partial charge in [0.2, 0.25) is 0 Å². The number of para-hydroxylation sites is 1. The summed E-state index contributed by atoms with van der Waals surface area (Å²) in [4.78, 5) is 12.5. The van der Waals surface area contributed by atoms with Crippen molar-refractivity contribution in [1.82, 2.24) is 5.43 Å². The van der Waals surface area contributed by atoms with Gasteiger partial charge in [-0.05, 0) is 47.5 Å². The first kappa shape index (κ1) is 22.7. The van der Waals surface area contributed by atoms with Crippen LogP contribution in [0.25, 0.3) is 0 Å². The van der Waals surface area contributed by atoms with Crippen molar-refractivity contribution >= 4 is 17.8 Å². The van der Waals surface area contributed by atoms with Crippen LogP contribution in [0.15, 0.2) is 71.8 Å². The van der Waals surface area contributed by atoms with E-state index in [-0.39, 0.29) is 5.75 Å². The quantitative estimate of drug-likeness (QED) is 0.362. The summed E-state index contributed by atoms with van der Waals surface area (Å²) >= 11 is 0. The second-order valence-electron chi connectivity index (χ2n) is 6.72. The summed E-state index contributed by atoms with van der Waals surface area (Å²) in [5.74, 6) is -0.122. The fourth-order valence-corrected chi connectivity index (χ4v) is 2.86. The highest BCUT2D eigenvalue weighted by Gasteiger charge is 2.29. The topological polar surface area (TPSA) is 83.0 Å². The van der Waals surface area contributed by atoms with E-state index in [4.69, 9.17) is 4.74 Å². The number of methoxy groups -OCH3 is 1. The van der Waals surface area contributed by atoms with Gasteiger partial charge in [-0.2, -0.15) is 18.3 Å². The number of hydrazone groups is 1. The molecule has 32 heavy (non-hydrogen) atoms. The molecule has 0 unspecified atom stereocenters. The van der Waals surface area contributed by atoms with Crippen molar-refractivity contribution in [2.24, 2.45) is 5.10 Å². The molecule has 0 aliphatic carbocycles. The largest absolute Gasteiger partial charge is 0.504 e. The first-order valence-electron chi connectivity index (χ1n) is 9.47. The third kappa shape index (κ3) is 5.78. The Hall–Kier alpha value is -4.01. The minimum Gasteiger partial charge on any atom is -0.504 e. The van der Waals surface area contributed by atoms with Crippen molar-refractivity contribution in [1.29, 1.82) is 0 Å². The predicted octanol–water partition coefficient (Wildman–Crippen LogP) is 4.80. The van der Waals surface area contributed by atoms with Gasteiger partial charge in [0.15, 0.2) is 11.5 Å². The Bertz CT molecular complexity index is 1110. The Morgan fingerprint density at radius 1 is 1.09 bits per heavy atom. The summed E-state index contributed by atoms with van der Waals surface area (Å²) in [5.41, 5.74) is 3.66. The summed E-state index contributed by atoms with van der Waals surface area (Å²) in [5, 5.41) is 16.8. The number of halogens is 3. The van der Waals surface area contributed by atoms with Crippen LogP contribution in [0.5, 0.6) is 11.5 Å². The number of phenolic OH excluding ortho intramolecular Hbond substituents is 1. The molecule has 0 fully saturated rings. The normalized spacial score (nSPS) is 11.4. The van der Waals surface area contributed by atoms with Crippen molar-refractivity contribution in [2.45, 2.75) is 12.7 Å². The van der Waals surface area contributed by atoms with E-state index < -0.39 is 17.6 Å². The Morgan fingerprint density at radius 2 is 1.81 bits per heavy atom. The van der Waals surface area contributed by atoms with Crippen LogP contribution in [-0.2, 0) is 12.7 Å². The molecule has 166 valence electrons. The summed E-state index contributed by atoms with van der Waals surface area (Å²) in [6.45, 7) is 0.344. The molecule has 0 aromatic heterocycles. The van der Waals surface area contributed by atoms with Crippen LogP contribution in [0.2, 0.25) is 0 Å². The van der Waals surface area contributed by atoms with E-state index in [1.54, 1.807) is 42.5 Å². The maximum atomic E-state index is 12.6. The lowest BCUT2D eigenvalue weighted by Gasteiger charge is -2.12. The van der Waals surface area contributed by atoms with Gasteiger partial charge in [-0.3, -0.25) is 4.79 Å². The van der Waals surface area contributed by atoms with Crippen LogP contribution in [0, 0.1) is 0 Å². The molecule has 0 saturated carbocycles. The monoisotopic (exact) mass is 443 g/mol. The molecule has 0 aliphatic rings. The predicted molar refractivity (Wildman–Crippen MR) is 115 cm³/mol. The van der Waals surface area contributed by atoms with Gasteiger partial charge in [-0.15, -0.1) is 0 Å². The summed E-state index contributed by atoms with van der Waals surface area (Å²) in [6, 6.07) is 16.2. The van der Waals surface area contributed by atoms with Crippen molar-refractivity contribution in [2.75, 3.05) is 12.4 Å². The number of rotatable bonds is 7. The molecular weight excluding hydrogens is 423 g/mol. The van der Waals surface area contributed by atoms with Gasteiger partial charge in [-0.1, -0.05) is 30.3 Å². The van der Waals surface area contributed by atoms with Crippen LogP contribution in [0.4, 0.5) is 18.9 Å². The van der Waals surface area contributed by atoms with Crippen molar-refractivity contribution < 1.29 is 27.8 Å². The summed E-state index contributed by atoms with van der Waals surface area (Å²) in [6.07, 6.45) is -3.15. The van der Waals surface area contributed by atoms with E-state index in [0.29, 0.717) is 29.1 Å². The molecule has 3 aromatic rings. The number of hydrogen-bond donors (Lipinski definition) is 3. The number of benzene rings is 3. The third-order valence-electron chi connectivity index (χ3n) is 4.52. The van der Waals surface area contributed by atoms with Crippen LogP contribution in [-0.4, -0.2) is 24.3 Å².